The lowest BCUT2D eigenvalue weighted by molar-refractivity contribution is 0.0740. The van der Waals surface area contributed by atoms with E-state index in [2.05, 4.69) is 30.6 Å². The normalized spacial score (nSPS) is 11.2. The van der Waals surface area contributed by atoms with Gasteiger partial charge in [-0.3, -0.25) is 4.90 Å². The maximum atomic E-state index is 5.19. The molecular formula is C11H21NO. The number of methoxy groups -OCH3 is 1. The summed E-state index contributed by atoms with van der Waals surface area (Å²) in [5.41, 5.74) is -0.312. The summed E-state index contributed by atoms with van der Waals surface area (Å²) in [6, 6.07) is 0. The van der Waals surface area contributed by atoms with Crippen molar-refractivity contribution in [3.8, 4) is 11.8 Å². The van der Waals surface area contributed by atoms with E-state index in [4.69, 9.17) is 4.74 Å². The van der Waals surface area contributed by atoms with E-state index in [1.165, 1.54) is 0 Å². The third-order valence-corrected chi connectivity index (χ3v) is 2.10. The van der Waals surface area contributed by atoms with Gasteiger partial charge < -0.3 is 4.74 Å². The molecule has 0 aromatic rings. The fourth-order valence-electron chi connectivity index (χ4n) is 0.862. The van der Waals surface area contributed by atoms with Gasteiger partial charge in [-0.25, -0.2) is 0 Å². The largest absolute Gasteiger partial charge is 0.366 e. The molecule has 0 aliphatic rings. The van der Waals surface area contributed by atoms with Crippen LogP contribution in [0.4, 0.5) is 0 Å². The topological polar surface area (TPSA) is 12.5 Å². The Morgan fingerprint density at radius 1 is 1.23 bits per heavy atom. The molecule has 2 nitrogen and oxygen atoms in total. The smallest absolute Gasteiger partial charge is 0.122 e. The third kappa shape index (κ3) is 5.68. The molecular weight excluding hydrogens is 162 g/mol. The van der Waals surface area contributed by atoms with Crippen molar-refractivity contribution < 1.29 is 4.74 Å². The lowest BCUT2D eigenvalue weighted by atomic mass is 10.1. The van der Waals surface area contributed by atoms with Crippen LogP contribution in [0.2, 0.25) is 0 Å². The predicted octanol–water partition coefficient (Wildman–Crippen LogP) is 1.76. The van der Waals surface area contributed by atoms with Gasteiger partial charge in [0.1, 0.15) is 5.60 Å². The van der Waals surface area contributed by atoms with Crippen LogP contribution in [0.3, 0.4) is 0 Å². The maximum absolute atomic E-state index is 5.19. The zero-order valence-corrected chi connectivity index (χ0v) is 9.48. The highest BCUT2D eigenvalue weighted by Gasteiger charge is 2.10. The van der Waals surface area contributed by atoms with Crippen LogP contribution in [-0.2, 0) is 4.74 Å². The van der Waals surface area contributed by atoms with Crippen LogP contribution < -0.4 is 0 Å². The molecule has 2 heteroatoms. The molecule has 0 atom stereocenters. The highest BCUT2D eigenvalue weighted by atomic mass is 16.5. The molecule has 0 aliphatic carbocycles. The fraction of sp³-hybridized carbons (Fsp3) is 0.818. The quantitative estimate of drug-likeness (QED) is 0.616. The van der Waals surface area contributed by atoms with Crippen molar-refractivity contribution in [1.29, 1.82) is 0 Å². The summed E-state index contributed by atoms with van der Waals surface area (Å²) in [5, 5.41) is 0. The van der Waals surface area contributed by atoms with Gasteiger partial charge in [0.15, 0.2) is 0 Å². The molecule has 0 radical (unpaired) electrons. The second kappa shape index (κ2) is 6.01. The first-order valence-corrected chi connectivity index (χ1v) is 4.83. The van der Waals surface area contributed by atoms with E-state index in [9.17, 15) is 0 Å². The molecule has 0 saturated heterocycles. The maximum Gasteiger partial charge on any atom is 0.122 e. The Labute approximate surface area is 82.3 Å². The second-order valence-corrected chi connectivity index (χ2v) is 3.48. The van der Waals surface area contributed by atoms with Crippen LogP contribution >= 0.6 is 0 Å². The summed E-state index contributed by atoms with van der Waals surface area (Å²) in [7, 11) is 1.69. The summed E-state index contributed by atoms with van der Waals surface area (Å²) < 4.78 is 5.19. The van der Waals surface area contributed by atoms with Crippen LogP contribution in [0, 0.1) is 11.8 Å². The Kier molecular flexibility index (Phi) is 5.77. The van der Waals surface area contributed by atoms with Gasteiger partial charge in [0.25, 0.3) is 0 Å². The first-order valence-electron chi connectivity index (χ1n) is 4.83. The molecule has 0 unspecified atom stereocenters. The highest BCUT2D eigenvalue weighted by Crippen LogP contribution is 2.03. The third-order valence-electron chi connectivity index (χ3n) is 2.10. The summed E-state index contributed by atoms with van der Waals surface area (Å²) in [4.78, 5) is 2.28. The number of hydrogen-bond donors (Lipinski definition) is 0. The van der Waals surface area contributed by atoms with Crippen LogP contribution in [0.15, 0.2) is 0 Å². The van der Waals surface area contributed by atoms with E-state index in [1.54, 1.807) is 7.11 Å². The number of rotatable bonds is 4. The van der Waals surface area contributed by atoms with Gasteiger partial charge in [-0.2, -0.15) is 0 Å². The van der Waals surface area contributed by atoms with Gasteiger partial charge in [-0.1, -0.05) is 25.7 Å². The van der Waals surface area contributed by atoms with Gasteiger partial charge in [-0.15, -0.1) is 0 Å². The van der Waals surface area contributed by atoms with Crippen molar-refractivity contribution in [3.05, 3.63) is 0 Å². The Hall–Kier alpha value is -0.520. The molecule has 0 aromatic heterocycles. The molecule has 0 aromatic carbocycles. The van der Waals surface area contributed by atoms with Crippen LogP contribution in [0.25, 0.3) is 0 Å². The predicted molar refractivity (Wildman–Crippen MR) is 56.7 cm³/mol. The monoisotopic (exact) mass is 183 g/mol. The van der Waals surface area contributed by atoms with Gasteiger partial charge in [0, 0.05) is 7.11 Å². The number of ether oxygens (including phenoxy) is 1. The summed E-state index contributed by atoms with van der Waals surface area (Å²) >= 11 is 0. The highest BCUT2D eigenvalue weighted by molar-refractivity contribution is 5.12. The van der Waals surface area contributed by atoms with E-state index in [-0.39, 0.29) is 5.60 Å². The Balaban J connectivity index is 3.97. The lowest BCUT2D eigenvalue weighted by Crippen LogP contribution is -2.24. The zero-order chi connectivity index (χ0) is 10.3. The Bertz CT molecular complexity index is 184. The first kappa shape index (κ1) is 12.5. The van der Waals surface area contributed by atoms with Gasteiger partial charge in [0.2, 0.25) is 0 Å². The molecule has 0 amide bonds. The number of hydrogen-bond acceptors (Lipinski definition) is 2. The second-order valence-electron chi connectivity index (χ2n) is 3.48. The molecule has 0 aliphatic heterocycles. The molecule has 0 spiro atoms. The first-order chi connectivity index (χ1) is 6.05. The molecule has 0 bridgehead atoms. The molecule has 0 rings (SSSR count). The molecule has 76 valence electrons. The zero-order valence-electron chi connectivity index (χ0n) is 9.48. The van der Waals surface area contributed by atoms with Crippen LogP contribution in [0.1, 0.15) is 27.7 Å². The fourth-order valence-corrected chi connectivity index (χ4v) is 0.862. The van der Waals surface area contributed by atoms with E-state index in [1.807, 2.05) is 13.8 Å². The average molecular weight is 183 g/mol. The van der Waals surface area contributed by atoms with E-state index in [0.29, 0.717) is 0 Å². The molecule has 0 N–H and O–H groups in total. The van der Waals surface area contributed by atoms with Gasteiger partial charge in [0.05, 0.1) is 6.54 Å². The molecule has 13 heavy (non-hydrogen) atoms. The number of nitrogens with zero attached hydrogens (tertiary/aromatic N) is 1. The molecule has 0 fully saturated rings. The summed E-state index contributed by atoms with van der Waals surface area (Å²) in [6.07, 6.45) is 0. The van der Waals surface area contributed by atoms with Crippen LogP contribution in [0.5, 0.6) is 0 Å². The minimum atomic E-state index is -0.312. The van der Waals surface area contributed by atoms with Crippen molar-refractivity contribution in [2.45, 2.75) is 33.3 Å². The Morgan fingerprint density at radius 3 is 2.15 bits per heavy atom. The standard InChI is InChI=1S/C11H21NO/c1-6-12(7-2)10-8-9-11(3,4)13-5/h6-7,10H2,1-5H3. The van der Waals surface area contributed by atoms with E-state index >= 15 is 0 Å². The summed E-state index contributed by atoms with van der Waals surface area (Å²) in [5.74, 6) is 6.22. The molecule has 0 heterocycles. The van der Waals surface area contributed by atoms with Crippen molar-refractivity contribution in [2.75, 3.05) is 26.7 Å². The molecule has 0 saturated carbocycles. The van der Waals surface area contributed by atoms with Gasteiger partial charge in [-0.05, 0) is 26.9 Å². The minimum Gasteiger partial charge on any atom is -0.366 e. The lowest BCUT2D eigenvalue weighted by Gasteiger charge is -2.16. The average Bonchev–Trinajstić information content (AvgIpc) is 2.12. The minimum absolute atomic E-state index is 0.312. The van der Waals surface area contributed by atoms with Crippen molar-refractivity contribution >= 4 is 0 Å². The van der Waals surface area contributed by atoms with Crippen molar-refractivity contribution in [1.82, 2.24) is 4.90 Å². The van der Waals surface area contributed by atoms with Crippen molar-refractivity contribution in [3.63, 3.8) is 0 Å². The van der Waals surface area contributed by atoms with E-state index in [0.717, 1.165) is 19.6 Å². The van der Waals surface area contributed by atoms with Crippen molar-refractivity contribution in [2.24, 2.45) is 0 Å². The van der Waals surface area contributed by atoms with E-state index < -0.39 is 0 Å². The summed E-state index contributed by atoms with van der Waals surface area (Å²) in [6.45, 7) is 11.2. The SMILES string of the molecule is CCN(CC)CC#CC(C)(C)OC. The van der Waals surface area contributed by atoms with Gasteiger partial charge >= 0.3 is 0 Å². The Morgan fingerprint density at radius 2 is 1.77 bits per heavy atom. The van der Waals surface area contributed by atoms with Crippen LogP contribution in [-0.4, -0.2) is 37.2 Å².